The van der Waals surface area contributed by atoms with Crippen molar-refractivity contribution < 1.29 is 13.5 Å². The van der Waals surface area contributed by atoms with Crippen LogP contribution in [0.1, 0.15) is 26.2 Å². The third-order valence-electron chi connectivity index (χ3n) is 4.76. The fourth-order valence-electron chi connectivity index (χ4n) is 3.37. The van der Waals surface area contributed by atoms with Crippen molar-refractivity contribution in [1.82, 2.24) is 15.5 Å². The number of nitrogens with one attached hydrogen (secondary N) is 2. The van der Waals surface area contributed by atoms with Crippen molar-refractivity contribution in [2.75, 3.05) is 26.7 Å². The van der Waals surface area contributed by atoms with Crippen molar-refractivity contribution in [2.45, 2.75) is 44.3 Å². The standard InChI is InChI=1S/C18H26F2N4O.HI/c1-12-9-13(11-24(12)14-3-4-14)23-18(21-2)22-7-8-25-15-5-6-16(19)17(20)10-15;/h5-6,10,12-14H,3-4,7-9,11H2,1-2H3,(H2,21,22,23);1H. The van der Waals surface area contributed by atoms with Crippen molar-refractivity contribution in [2.24, 2.45) is 4.99 Å². The number of guanidine groups is 1. The zero-order chi connectivity index (χ0) is 17.8. The molecule has 1 saturated carbocycles. The summed E-state index contributed by atoms with van der Waals surface area (Å²) in [4.78, 5) is 6.82. The lowest BCUT2D eigenvalue weighted by Gasteiger charge is -2.20. The number of nitrogens with zero attached hydrogens (tertiary/aromatic N) is 2. The van der Waals surface area contributed by atoms with Crippen molar-refractivity contribution in [3.63, 3.8) is 0 Å². The molecule has 5 nitrogen and oxygen atoms in total. The highest BCUT2D eigenvalue weighted by molar-refractivity contribution is 14.0. The van der Waals surface area contributed by atoms with E-state index in [9.17, 15) is 8.78 Å². The zero-order valence-corrected chi connectivity index (χ0v) is 17.5. The SMILES string of the molecule is CN=C(NCCOc1ccc(F)c(F)c1)NC1CC(C)N(C2CC2)C1.I. The van der Waals surface area contributed by atoms with E-state index in [0.29, 0.717) is 31.0 Å². The lowest BCUT2D eigenvalue weighted by atomic mass is 10.2. The number of rotatable bonds is 6. The molecule has 3 rings (SSSR count). The van der Waals surface area contributed by atoms with E-state index in [1.54, 1.807) is 7.05 Å². The van der Waals surface area contributed by atoms with Gasteiger partial charge in [0.25, 0.3) is 0 Å². The predicted octanol–water partition coefficient (Wildman–Crippen LogP) is 2.75. The van der Waals surface area contributed by atoms with Crippen LogP contribution in [0.2, 0.25) is 0 Å². The van der Waals surface area contributed by atoms with Gasteiger partial charge in [-0.25, -0.2) is 8.78 Å². The highest BCUT2D eigenvalue weighted by Gasteiger charge is 2.38. The molecule has 2 aliphatic rings. The number of aliphatic imine (C=N–C) groups is 1. The summed E-state index contributed by atoms with van der Waals surface area (Å²) in [5.41, 5.74) is 0. The van der Waals surface area contributed by atoms with E-state index in [0.717, 1.165) is 37.1 Å². The first kappa shape index (κ1) is 21.1. The molecule has 0 spiro atoms. The summed E-state index contributed by atoms with van der Waals surface area (Å²) in [7, 11) is 1.74. The molecule has 1 aliphatic heterocycles. The summed E-state index contributed by atoms with van der Waals surface area (Å²) >= 11 is 0. The number of hydrogen-bond acceptors (Lipinski definition) is 3. The molecule has 1 aliphatic carbocycles. The first-order valence-corrected chi connectivity index (χ1v) is 8.87. The third kappa shape index (κ3) is 5.67. The van der Waals surface area contributed by atoms with Crippen LogP contribution in [0, 0.1) is 11.6 Å². The van der Waals surface area contributed by atoms with Crippen LogP contribution >= 0.6 is 24.0 Å². The molecular formula is C18H27F2IN4O. The van der Waals surface area contributed by atoms with Gasteiger partial charge in [0, 0.05) is 37.8 Å². The van der Waals surface area contributed by atoms with Crippen LogP contribution in [0.3, 0.4) is 0 Å². The van der Waals surface area contributed by atoms with Crippen molar-refractivity contribution in [3.05, 3.63) is 29.8 Å². The number of likely N-dealkylation sites (tertiary alicyclic amines) is 1. The summed E-state index contributed by atoms with van der Waals surface area (Å²) in [5, 5.41) is 6.65. The van der Waals surface area contributed by atoms with Crippen LogP contribution in [-0.2, 0) is 0 Å². The summed E-state index contributed by atoms with van der Waals surface area (Å²) in [6.45, 7) is 4.19. The minimum absolute atomic E-state index is 0. The fourth-order valence-corrected chi connectivity index (χ4v) is 3.37. The van der Waals surface area contributed by atoms with Crippen LogP contribution in [0.15, 0.2) is 23.2 Å². The first-order chi connectivity index (χ1) is 12.1. The molecule has 146 valence electrons. The van der Waals surface area contributed by atoms with Crippen LogP contribution in [0.5, 0.6) is 5.75 Å². The Bertz CT molecular complexity index is 627. The molecule has 26 heavy (non-hydrogen) atoms. The van der Waals surface area contributed by atoms with Crippen molar-refractivity contribution >= 4 is 29.9 Å². The molecule has 1 aromatic rings. The molecule has 2 atom stereocenters. The predicted molar refractivity (Wildman–Crippen MR) is 109 cm³/mol. The van der Waals surface area contributed by atoms with Gasteiger partial charge in [0.15, 0.2) is 17.6 Å². The molecule has 2 fully saturated rings. The molecule has 1 heterocycles. The molecule has 0 bridgehead atoms. The maximum absolute atomic E-state index is 13.1. The summed E-state index contributed by atoms with van der Waals surface area (Å²) in [5.74, 6) is -0.725. The quantitative estimate of drug-likeness (QED) is 0.285. The summed E-state index contributed by atoms with van der Waals surface area (Å²) < 4.78 is 31.4. The Morgan fingerprint density at radius 2 is 2.08 bits per heavy atom. The van der Waals surface area contributed by atoms with Crippen LogP contribution < -0.4 is 15.4 Å². The first-order valence-electron chi connectivity index (χ1n) is 8.87. The highest BCUT2D eigenvalue weighted by atomic mass is 127. The Balaban J connectivity index is 0.00000243. The second-order valence-corrected chi connectivity index (χ2v) is 6.78. The number of halogens is 3. The smallest absolute Gasteiger partial charge is 0.191 e. The molecule has 2 unspecified atom stereocenters. The second-order valence-electron chi connectivity index (χ2n) is 6.78. The fraction of sp³-hybridized carbons (Fsp3) is 0.611. The maximum atomic E-state index is 13.1. The topological polar surface area (TPSA) is 48.9 Å². The Morgan fingerprint density at radius 3 is 2.73 bits per heavy atom. The summed E-state index contributed by atoms with van der Waals surface area (Å²) in [6, 6.07) is 5.31. The zero-order valence-electron chi connectivity index (χ0n) is 15.2. The highest BCUT2D eigenvalue weighted by Crippen LogP contribution is 2.33. The average Bonchev–Trinajstić information content (AvgIpc) is 3.37. The van der Waals surface area contributed by atoms with Gasteiger partial charge in [0.1, 0.15) is 12.4 Å². The van der Waals surface area contributed by atoms with E-state index in [-0.39, 0.29) is 24.0 Å². The van der Waals surface area contributed by atoms with E-state index in [1.807, 2.05) is 0 Å². The van der Waals surface area contributed by atoms with Crippen molar-refractivity contribution in [3.8, 4) is 5.75 Å². The van der Waals surface area contributed by atoms with Crippen LogP contribution in [0.25, 0.3) is 0 Å². The van der Waals surface area contributed by atoms with Gasteiger partial charge >= 0.3 is 0 Å². The minimum atomic E-state index is -0.904. The largest absolute Gasteiger partial charge is 0.492 e. The van der Waals surface area contributed by atoms with E-state index in [1.165, 1.54) is 18.9 Å². The van der Waals surface area contributed by atoms with E-state index in [2.05, 4.69) is 27.4 Å². The van der Waals surface area contributed by atoms with Gasteiger partial charge in [0.05, 0.1) is 6.54 Å². The molecule has 8 heteroatoms. The monoisotopic (exact) mass is 480 g/mol. The molecule has 1 aromatic carbocycles. The number of ether oxygens (including phenoxy) is 1. The molecule has 2 N–H and O–H groups in total. The maximum Gasteiger partial charge on any atom is 0.191 e. The Hall–Kier alpha value is -1.16. The lowest BCUT2D eigenvalue weighted by molar-refractivity contribution is 0.256. The van der Waals surface area contributed by atoms with Crippen LogP contribution in [-0.4, -0.2) is 55.7 Å². The van der Waals surface area contributed by atoms with Gasteiger partial charge in [-0.05, 0) is 38.3 Å². The van der Waals surface area contributed by atoms with Gasteiger partial charge < -0.3 is 15.4 Å². The van der Waals surface area contributed by atoms with E-state index < -0.39 is 11.6 Å². The number of hydrogen-bond donors (Lipinski definition) is 2. The van der Waals surface area contributed by atoms with Gasteiger partial charge in [0.2, 0.25) is 0 Å². The molecular weight excluding hydrogens is 453 g/mol. The second kappa shape index (κ2) is 9.68. The average molecular weight is 480 g/mol. The summed E-state index contributed by atoms with van der Waals surface area (Å²) in [6.07, 6.45) is 3.76. The van der Waals surface area contributed by atoms with Gasteiger partial charge in [-0.2, -0.15) is 0 Å². The van der Waals surface area contributed by atoms with Crippen molar-refractivity contribution in [1.29, 1.82) is 0 Å². The Morgan fingerprint density at radius 1 is 1.31 bits per heavy atom. The molecule has 0 radical (unpaired) electrons. The minimum Gasteiger partial charge on any atom is -0.492 e. The number of benzene rings is 1. The molecule has 0 aromatic heterocycles. The van der Waals surface area contributed by atoms with Gasteiger partial charge in [-0.15, -0.1) is 24.0 Å². The third-order valence-corrected chi connectivity index (χ3v) is 4.76. The van der Waals surface area contributed by atoms with Crippen LogP contribution in [0.4, 0.5) is 8.78 Å². The normalized spacial score (nSPS) is 23.5. The Labute approximate surface area is 170 Å². The van der Waals surface area contributed by atoms with E-state index >= 15 is 0 Å². The van der Waals surface area contributed by atoms with E-state index in [4.69, 9.17) is 4.74 Å². The lowest BCUT2D eigenvalue weighted by Crippen LogP contribution is -2.45. The molecule has 1 saturated heterocycles. The molecule has 0 amide bonds. The van der Waals surface area contributed by atoms with Gasteiger partial charge in [-0.1, -0.05) is 0 Å². The Kier molecular flexibility index (Phi) is 7.87. The van der Waals surface area contributed by atoms with Gasteiger partial charge in [-0.3, -0.25) is 9.89 Å².